The lowest BCUT2D eigenvalue weighted by Gasteiger charge is -2.36. The number of nitrogens with zero attached hydrogens (tertiary/aromatic N) is 2. The standard InChI is InChI=1S/C22H21N3O5/c1-29-19-9-8-18(17-3-2-12-23-20(17)19)24-21(26)22(10-13-30-14-11-22)15-4-6-16(7-5-15)25(27)28/h2-9,12H,10-11,13-14H2,1H3,(H,24,26). The number of amides is 1. The Balaban J connectivity index is 1.72. The number of hydrogen-bond acceptors (Lipinski definition) is 6. The van der Waals surface area contributed by atoms with Crippen LogP contribution >= 0.6 is 0 Å². The molecule has 1 fully saturated rings. The van der Waals surface area contributed by atoms with Crippen molar-refractivity contribution in [1.82, 2.24) is 4.98 Å². The van der Waals surface area contributed by atoms with E-state index >= 15 is 0 Å². The van der Waals surface area contributed by atoms with Gasteiger partial charge in [0.05, 0.1) is 23.1 Å². The molecule has 3 aromatic rings. The summed E-state index contributed by atoms with van der Waals surface area (Å²) in [5.41, 5.74) is 1.20. The van der Waals surface area contributed by atoms with Gasteiger partial charge in [0.15, 0.2) is 0 Å². The summed E-state index contributed by atoms with van der Waals surface area (Å²) in [4.78, 5) is 28.5. The quantitative estimate of drug-likeness (QED) is 0.509. The summed E-state index contributed by atoms with van der Waals surface area (Å²) in [6, 6.07) is 13.4. The molecule has 4 rings (SSSR count). The van der Waals surface area contributed by atoms with Gasteiger partial charge in [0.2, 0.25) is 5.91 Å². The summed E-state index contributed by atoms with van der Waals surface area (Å²) in [5, 5.41) is 14.8. The number of nitrogens with one attached hydrogen (secondary N) is 1. The summed E-state index contributed by atoms with van der Waals surface area (Å²) < 4.78 is 10.9. The van der Waals surface area contributed by atoms with Gasteiger partial charge in [-0.2, -0.15) is 0 Å². The van der Waals surface area contributed by atoms with E-state index in [-0.39, 0.29) is 11.6 Å². The summed E-state index contributed by atoms with van der Waals surface area (Å²) in [6.07, 6.45) is 2.65. The smallest absolute Gasteiger partial charge is 0.269 e. The first kappa shape index (κ1) is 19.8. The van der Waals surface area contributed by atoms with Crippen LogP contribution < -0.4 is 10.1 Å². The Morgan fingerprint density at radius 2 is 1.90 bits per heavy atom. The Morgan fingerprint density at radius 1 is 1.17 bits per heavy atom. The number of rotatable bonds is 5. The van der Waals surface area contributed by atoms with E-state index in [4.69, 9.17) is 9.47 Å². The molecule has 2 aromatic carbocycles. The highest BCUT2D eigenvalue weighted by Crippen LogP contribution is 2.38. The van der Waals surface area contributed by atoms with Crippen molar-refractivity contribution in [2.24, 2.45) is 0 Å². The number of benzene rings is 2. The van der Waals surface area contributed by atoms with Gasteiger partial charge in [-0.25, -0.2) is 0 Å². The number of ether oxygens (including phenoxy) is 2. The van der Waals surface area contributed by atoms with Crippen molar-refractivity contribution < 1.29 is 19.2 Å². The highest BCUT2D eigenvalue weighted by molar-refractivity contribution is 6.06. The van der Waals surface area contributed by atoms with Crippen molar-refractivity contribution in [2.75, 3.05) is 25.6 Å². The lowest BCUT2D eigenvalue weighted by atomic mass is 9.73. The van der Waals surface area contributed by atoms with Crippen LogP contribution in [0.4, 0.5) is 11.4 Å². The zero-order valence-electron chi connectivity index (χ0n) is 16.5. The minimum atomic E-state index is -0.832. The Labute approximate surface area is 173 Å². The van der Waals surface area contributed by atoms with E-state index in [1.807, 2.05) is 6.07 Å². The summed E-state index contributed by atoms with van der Waals surface area (Å²) >= 11 is 0. The van der Waals surface area contributed by atoms with Crippen molar-refractivity contribution in [2.45, 2.75) is 18.3 Å². The van der Waals surface area contributed by atoms with Crippen LogP contribution in [0.3, 0.4) is 0 Å². The number of methoxy groups -OCH3 is 1. The van der Waals surface area contributed by atoms with Gasteiger partial charge in [-0.05, 0) is 42.7 Å². The first-order valence-electron chi connectivity index (χ1n) is 9.61. The Hall–Kier alpha value is -3.52. The molecule has 1 N–H and O–H groups in total. The molecule has 0 aliphatic carbocycles. The van der Waals surface area contributed by atoms with Crippen LogP contribution in [0.25, 0.3) is 10.9 Å². The highest BCUT2D eigenvalue weighted by atomic mass is 16.6. The van der Waals surface area contributed by atoms with Crippen LogP contribution in [0.1, 0.15) is 18.4 Å². The molecule has 0 radical (unpaired) electrons. The number of non-ortho nitro benzene ring substituents is 1. The average Bonchev–Trinajstić information content (AvgIpc) is 2.79. The van der Waals surface area contributed by atoms with E-state index in [9.17, 15) is 14.9 Å². The normalized spacial score (nSPS) is 15.5. The molecule has 0 atom stereocenters. The van der Waals surface area contributed by atoms with Gasteiger partial charge < -0.3 is 14.8 Å². The zero-order chi connectivity index (χ0) is 21.1. The third kappa shape index (κ3) is 3.46. The van der Waals surface area contributed by atoms with E-state index in [0.29, 0.717) is 43.0 Å². The monoisotopic (exact) mass is 407 g/mol. The predicted molar refractivity (Wildman–Crippen MR) is 112 cm³/mol. The van der Waals surface area contributed by atoms with Crippen molar-refractivity contribution in [3.8, 4) is 5.75 Å². The third-order valence-corrected chi connectivity index (χ3v) is 5.61. The molecule has 0 spiro atoms. The molecular weight excluding hydrogens is 386 g/mol. The van der Waals surface area contributed by atoms with Crippen LogP contribution in [-0.4, -0.2) is 36.1 Å². The zero-order valence-corrected chi connectivity index (χ0v) is 16.5. The van der Waals surface area contributed by atoms with Crippen molar-refractivity contribution in [3.05, 3.63) is 70.4 Å². The number of hydrogen-bond donors (Lipinski definition) is 1. The number of fused-ring (bicyclic) bond motifs is 1. The van der Waals surface area contributed by atoms with Gasteiger partial charge in [0, 0.05) is 36.9 Å². The van der Waals surface area contributed by atoms with Gasteiger partial charge in [-0.3, -0.25) is 19.9 Å². The van der Waals surface area contributed by atoms with Gasteiger partial charge in [0.25, 0.3) is 5.69 Å². The Kier molecular flexibility index (Phi) is 5.33. The fraction of sp³-hybridized carbons (Fsp3) is 0.273. The van der Waals surface area contributed by atoms with Crippen molar-refractivity contribution in [1.29, 1.82) is 0 Å². The Morgan fingerprint density at radius 3 is 2.57 bits per heavy atom. The van der Waals surface area contributed by atoms with E-state index in [1.54, 1.807) is 43.6 Å². The molecule has 8 nitrogen and oxygen atoms in total. The predicted octanol–water partition coefficient (Wildman–Crippen LogP) is 3.84. The topological polar surface area (TPSA) is 104 Å². The summed E-state index contributed by atoms with van der Waals surface area (Å²) in [6.45, 7) is 0.880. The number of aromatic nitrogens is 1. The first-order chi connectivity index (χ1) is 14.5. The molecular formula is C22H21N3O5. The van der Waals surface area contributed by atoms with Crippen LogP contribution in [0, 0.1) is 10.1 Å². The molecule has 0 unspecified atom stereocenters. The summed E-state index contributed by atoms with van der Waals surface area (Å²) in [7, 11) is 1.58. The molecule has 0 saturated carbocycles. The molecule has 30 heavy (non-hydrogen) atoms. The van der Waals surface area contributed by atoms with Gasteiger partial charge >= 0.3 is 0 Å². The largest absolute Gasteiger partial charge is 0.494 e. The van der Waals surface area contributed by atoms with E-state index in [1.165, 1.54) is 12.1 Å². The number of pyridine rings is 1. The lowest BCUT2D eigenvalue weighted by molar-refractivity contribution is -0.384. The molecule has 0 bridgehead atoms. The number of nitro groups is 1. The second kappa shape index (κ2) is 8.08. The second-order valence-corrected chi connectivity index (χ2v) is 7.17. The molecule has 1 aromatic heterocycles. The fourth-order valence-corrected chi connectivity index (χ4v) is 3.93. The number of carbonyl (C=O) groups is 1. The molecule has 1 aliphatic heterocycles. The van der Waals surface area contributed by atoms with E-state index in [0.717, 1.165) is 10.9 Å². The number of carbonyl (C=O) groups excluding carboxylic acids is 1. The number of nitro benzene ring substituents is 1. The maximum absolute atomic E-state index is 13.6. The summed E-state index contributed by atoms with van der Waals surface area (Å²) in [5.74, 6) is 0.453. The minimum Gasteiger partial charge on any atom is -0.494 e. The third-order valence-electron chi connectivity index (χ3n) is 5.61. The SMILES string of the molecule is COc1ccc(NC(=O)C2(c3ccc([N+](=O)[O-])cc3)CCOCC2)c2cccnc12. The van der Waals surface area contributed by atoms with E-state index < -0.39 is 10.3 Å². The van der Waals surface area contributed by atoms with Crippen molar-refractivity contribution >= 4 is 28.2 Å². The molecule has 1 amide bonds. The van der Waals surface area contributed by atoms with Crippen LogP contribution in [-0.2, 0) is 14.9 Å². The molecule has 154 valence electrons. The van der Waals surface area contributed by atoms with Crippen LogP contribution in [0.5, 0.6) is 5.75 Å². The maximum Gasteiger partial charge on any atom is 0.269 e. The molecule has 1 saturated heterocycles. The highest BCUT2D eigenvalue weighted by Gasteiger charge is 2.42. The first-order valence-corrected chi connectivity index (χ1v) is 9.61. The second-order valence-electron chi connectivity index (χ2n) is 7.17. The van der Waals surface area contributed by atoms with Gasteiger partial charge in [-0.15, -0.1) is 0 Å². The van der Waals surface area contributed by atoms with Gasteiger partial charge in [-0.1, -0.05) is 12.1 Å². The van der Waals surface area contributed by atoms with Gasteiger partial charge in [0.1, 0.15) is 11.3 Å². The van der Waals surface area contributed by atoms with Crippen molar-refractivity contribution in [3.63, 3.8) is 0 Å². The fourth-order valence-electron chi connectivity index (χ4n) is 3.93. The average molecular weight is 407 g/mol. The van der Waals surface area contributed by atoms with E-state index in [2.05, 4.69) is 10.3 Å². The van der Waals surface area contributed by atoms with Crippen LogP contribution in [0.2, 0.25) is 0 Å². The van der Waals surface area contributed by atoms with Crippen LogP contribution in [0.15, 0.2) is 54.7 Å². The molecule has 8 heteroatoms. The lowest BCUT2D eigenvalue weighted by Crippen LogP contribution is -2.44. The maximum atomic E-state index is 13.6. The Bertz CT molecular complexity index is 1090. The number of anilines is 1. The molecule has 1 aliphatic rings. The molecule has 2 heterocycles. The minimum absolute atomic E-state index is 0.00593.